The van der Waals surface area contributed by atoms with Crippen LogP contribution in [0.15, 0.2) is 30.6 Å². The number of esters is 1. The number of ether oxygens (including phenoxy) is 1. The van der Waals surface area contributed by atoms with Crippen LogP contribution in [0.3, 0.4) is 0 Å². The first-order valence-corrected chi connectivity index (χ1v) is 6.49. The highest BCUT2D eigenvalue weighted by atomic mass is 16.5. The summed E-state index contributed by atoms with van der Waals surface area (Å²) in [4.78, 5) is 27.8. The number of hydrogen-bond acceptors (Lipinski definition) is 5. The van der Waals surface area contributed by atoms with Crippen molar-refractivity contribution in [3.8, 4) is 0 Å². The fraction of sp³-hybridized carbons (Fsp3) is 0.357. The van der Waals surface area contributed by atoms with Crippen LogP contribution in [0.2, 0.25) is 0 Å². The van der Waals surface area contributed by atoms with Crippen LogP contribution in [0.4, 0.5) is 0 Å². The summed E-state index contributed by atoms with van der Waals surface area (Å²) in [5, 5.41) is 11.6. The number of carbonyl (C=O) groups excluding carboxylic acids is 2. The van der Waals surface area contributed by atoms with Gasteiger partial charge in [-0.2, -0.15) is 0 Å². The van der Waals surface area contributed by atoms with Gasteiger partial charge < -0.3 is 19.7 Å². The summed E-state index contributed by atoms with van der Waals surface area (Å²) in [6, 6.07) is 5.78. The van der Waals surface area contributed by atoms with Crippen LogP contribution in [-0.2, 0) is 14.3 Å². The van der Waals surface area contributed by atoms with Gasteiger partial charge in [-0.15, -0.1) is 0 Å². The van der Waals surface area contributed by atoms with Crippen LogP contribution >= 0.6 is 0 Å². The molecule has 2 N–H and O–H groups in total. The third kappa shape index (κ3) is 3.03. The molecule has 2 unspecified atom stereocenters. The lowest BCUT2D eigenvalue weighted by molar-refractivity contribution is -0.146. The number of aliphatic hydroxyl groups is 1. The molecule has 2 rings (SSSR count). The largest absolute Gasteiger partial charge is 0.467 e. The number of nitrogens with one attached hydrogen (secondary N) is 1. The molecule has 0 bridgehead atoms. The lowest BCUT2D eigenvalue weighted by Crippen LogP contribution is -2.46. The van der Waals surface area contributed by atoms with Gasteiger partial charge in [-0.3, -0.25) is 4.79 Å². The van der Waals surface area contributed by atoms with Crippen LogP contribution in [0, 0.1) is 0 Å². The highest BCUT2D eigenvalue weighted by Crippen LogP contribution is 2.17. The summed E-state index contributed by atoms with van der Waals surface area (Å²) in [6.07, 6.45) is 1.57. The zero-order valence-corrected chi connectivity index (χ0v) is 11.8. The Kier molecular flexibility index (Phi) is 4.54. The second kappa shape index (κ2) is 6.36. The predicted molar refractivity (Wildman–Crippen MR) is 75.5 cm³/mol. The Bertz CT molecular complexity index is 652. The molecule has 1 aromatic carbocycles. The second-order valence-electron chi connectivity index (χ2n) is 4.58. The Balaban J connectivity index is 2.17. The Morgan fingerprint density at radius 2 is 2.14 bits per heavy atom. The Morgan fingerprint density at radius 1 is 1.43 bits per heavy atom. The van der Waals surface area contributed by atoms with E-state index in [2.05, 4.69) is 15.0 Å². The van der Waals surface area contributed by atoms with Crippen LogP contribution in [0.1, 0.15) is 13.0 Å². The lowest BCUT2D eigenvalue weighted by Gasteiger charge is -2.18. The molecule has 0 aliphatic carbocycles. The molecule has 112 valence electrons. The van der Waals surface area contributed by atoms with Crippen molar-refractivity contribution in [1.82, 2.24) is 14.9 Å². The fourth-order valence-electron chi connectivity index (χ4n) is 2.03. The van der Waals surface area contributed by atoms with E-state index in [0.29, 0.717) is 0 Å². The van der Waals surface area contributed by atoms with Crippen molar-refractivity contribution >= 4 is 22.9 Å². The van der Waals surface area contributed by atoms with Crippen LogP contribution in [0.5, 0.6) is 0 Å². The Morgan fingerprint density at radius 3 is 2.81 bits per heavy atom. The molecule has 21 heavy (non-hydrogen) atoms. The third-order valence-corrected chi connectivity index (χ3v) is 3.26. The number of fused-ring (bicyclic) bond motifs is 1. The van der Waals surface area contributed by atoms with Gasteiger partial charge in [0, 0.05) is 0 Å². The Labute approximate surface area is 121 Å². The SMILES string of the molecule is COC(=O)C(CO)NC(=O)C(C)n1cnc2ccccc21. The number of rotatable bonds is 5. The van der Waals surface area contributed by atoms with E-state index in [4.69, 9.17) is 5.11 Å². The highest BCUT2D eigenvalue weighted by Gasteiger charge is 2.24. The molecule has 0 aliphatic heterocycles. The van der Waals surface area contributed by atoms with Crippen molar-refractivity contribution < 1.29 is 19.4 Å². The molecular weight excluding hydrogens is 274 g/mol. The van der Waals surface area contributed by atoms with Crippen molar-refractivity contribution in [3.05, 3.63) is 30.6 Å². The molecular formula is C14H17N3O4. The van der Waals surface area contributed by atoms with Gasteiger partial charge in [0.25, 0.3) is 0 Å². The molecule has 0 fully saturated rings. The summed E-state index contributed by atoms with van der Waals surface area (Å²) >= 11 is 0. The van der Waals surface area contributed by atoms with E-state index in [1.54, 1.807) is 17.8 Å². The third-order valence-electron chi connectivity index (χ3n) is 3.26. The van der Waals surface area contributed by atoms with Crippen LogP contribution < -0.4 is 5.32 Å². The number of benzene rings is 1. The molecule has 0 spiro atoms. The normalized spacial score (nSPS) is 13.7. The number of aliphatic hydroxyl groups excluding tert-OH is 1. The van der Waals surface area contributed by atoms with E-state index >= 15 is 0 Å². The van der Waals surface area contributed by atoms with E-state index in [-0.39, 0.29) is 0 Å². The molecule has 0 aliphatic rings. The zero-order valence-electron chi connectivity index (χ0n) is 11.8. The summed E-state index contributed by atoms with van der Waals surface area (Å²) in [5.74, 6) is -1.09. The quantitative estimate of drug-likeness (QED) is 0.770. The van der Waals surface area contributed by atoms with E-state index < -0.39 is 30.6 Å². The second-order valence-corrected chi connectivity index (χ2v) is 4.58. The molecule has 2 aromatic rings. The molecule has 0 saturated heterocycles. The number of methoxy groups -OCH3 is 1. The van der Waals surface area contributed by atoms with Gasteiger partial charge in [-0.1, -0.05) is 12.1 Å². The summed E-state index contributed by atoms with van der Waals surface area (Å²) < 4.78 is 6.22. The van der Waals surface area contributed by atoms with E-state index in [9.17, 15) is 9.59 Å². The van der Waals surface area contributed by atoms with Crippen molar-refractivity contribution in [2.24, 2.45) is 0 Å². The standard InChI is InChI=1S/C14H17N3O4/c1-9(13(19)16-11(7-18)14(20)21-2)17-8-15-10-5-3-4-6-12(10)17/h3-6,8-9,11,18H,7H2,1-2H3,(H,16,19). The lowest BCUT2D eigenvalue weighted by atomic mass is 10.2. The molecule has 7 heteroatoms. The number of amides is 1. The smallest absolute Gasteiger partial charge is 0.330 e. The molecule has 7 nitrogen and oxygen atoms in total. The summed E-state index contributed by atoms with van der Waals surface area (Å²) in [7, 11) is 1.20. The van der Waals surface area contributed by atoms with E-state index in [0.717, 1.165) is 11.0 Å². The predicted octanol–water partition coefficient (Wildman–Crippen LogP) is 0.247. The first-order chi connectivity index (χ1) is 10.1. The van der Waals surface area contributed by atoms with Crippen molar-refractivity contribution in [2.45, 2.75) is 19.0 Å². The van der Waals surface area contributed by atoms with Crippen LogP contribution in [0.25, 0.3) is 11.0 Å². The van der Waals surface area contributed by atoms with Gasteiger partial charge >= 0.3 is 5.97 Å². The van der Waals surface area contributed by atoms with Gasteiger partial charge in [0.05, 0.1) is 31.1 Å². The van der Waals surface area contributed by atoms with E-state index in [1.165, 1.54) is 7.11 Å². The first kappa shape index (κ1) is 15.0. The zero-order chi connectivity index (χ0) is 15.4. The first-order valence-electron chi connectivity index (χ1n) is 6.49. The maximum atomic E-state index is 12.2. The maximum Gasteiger partial charge on any atom is 0.330 e. The molecule has 0 saturated carbocycles. The van der Waals surface area contributed by atoms with Crippen molar-refractivity contribution in [1.29, 1.82) is 0 Å². The highest BCUT2D eigenvalue weighted by molar-refractivity contribution is 5.88. The number of hydrogen-bond donors (Lipinski definition) is 2. The van der Waals surface area contributed by atoms with Crippen molar-refractivity contribution in [3.63, 3.8) is 0 Å². The molecule has 0 radical (unpaired) electrons. The average molecular weight is 291 g/mol. The van der Waals surface area contributed by atoms with Crippen LogP contribution in [-0.4, -0.2) is 46.3 Å². The summed E-state index contributed by atoms with van der Waals surface area (Å²) in [6.45, 7) is 1.17. The monoisotopic (exact) mass is 291 g/mol. The summed E-state index contributed by atoms with van der Waals surface area (Å²) in [5.41, 5.74) is 1.60. The molecule has 2 atom stereocenters. The van der Waals surface area contributed by atoms with Gasteiger partial charge in [-0.25, -0.2) is 9.78 Å². The number of imidazole rings is 1. The van der Waals surface area contributed by atoms with E-state index in [1.807, 2.05) is 24.3 Å². The number of carbonyl (C=O) groups is 2. The molecule has 1 amide bonds. The minimum absolute atomic E-state index is 0.400. The van der Waals surface area contributed by atoms with Gasteiger partial charge in [-0.05, 0) is 19.1 Å². The van der Waals surface area contributed by atoms with Gasteiger partial charge in [0.2, 0.25) is 5.91 Å². The topological polar surface area (TPSA) is 93.5 Å². The van der Waals surface area contributed by atoms with Crippen molar-refractivity contribution in [2.75, 3.05) is 13.7 Å². The van der Waals surface area contributed by atoms with Gasteiger partial charge in [0.15, 0.2) is 6.04 Å². The number of para-hydroxylation sites is 2. The number of nitrogens with zero attached hydrogens (tertiary/aromatic N) is 2. The Hall–Kier alpha value is -2.41. The minimum Gasteiger partial charge on any atom is -0.467 e. The molecule has 1 heterocycles. The average Bonchev–Trinajstić information content (AvgIpc) is 2.94. The fourth-order valence-corrected chi connectivity index (χ4v) is 2.03. The minimum atomic E-state index is -1.07. The number of aromatic nitrogens is 2. The molecule has 1 aromatic heterocycles. The van der Waals surface area contributed by atoms with Gasteiger partial charge in [0.1, 0.15) is 6.04 Å². The maximum absolute atomic E-state index is 12.2.